The molecule has 8 fully saturated rings. The predicted molar refractivity (Wildman–Crippen MR) is 218 cm³/mol. The third-order valence-electron chi connectivity index (χ3n) is 17.9. The first-order valence-electron chi connectivity index (χ1n) is 23.7. The molecular formula is C45H76O18. The number of hydrogen-bond donors (Lipinski definition) is 11. The molecule has 18 nitrogen and oxygen atoms in total. The van der Waals surface area contributed by atoms with Crippen LogP contribution in [0.1, 0.15) is 99.3 Å². The van der Waals surface area contributed by atoms with E-state index < -0.39 is 117 Å². The molecule has 4 aliphatic heterocycles. The van der Waals surface area contributed by atoms with E-state index in [2.05, 4.69) is 20.8 Å². The van der Waals surface area contributed by atoms with E-state index in [1.165, 1.54) is 6.92 Å². The quantitative estimate of drug-likeness (QED) is 0.114. The molecule has 11 N–H and O–H groups in total. The Bertz CT molecular complexity index is 1560. The van der Waals surface area contributed by atoms with Crippen LogP contribution in [-0.2, 0) is 33.2 Å². The highest BCUT2D eigenvalue weighted by atomic mass is 16.8. The van der Waals surface area contributed by atoms with Crippen molar-refractivity contribution in [3.63, 3.8) is 0 Å². The Morgan fingerprint density at radius 2 is 1.33 bits per heavy atom. The molecule has 8 rings (SSSR count). The lowest BCUT2D eigenvalue weighted by Crippen LogP contribution is -2.64. The molecule has 0 amide bonds. The van der Waals surface area contributed by atoms with Crippen molar-refractivity contribution < 1.29 is 89.3 Å². The van der Waals surface area contributed by atoms with Crippen molar-refractivity contribution in [3.05, 3.63) is 0 Å². The number of aliphatic hydroxyl groups excluding tert-OH is 10. The van der Waals surface area contributed by atoms with E-state index in [4.69, 9.17) is 33.2 Å². The van der Waals surface area contributed by atoms with Crippen molar-refractivity contribution >= 4 is 0 Å². The highest BCUT2D eigenvalue weighted by Crippen LogP contribution is 2.71. The summed E-state index contributed by atoms with van der Waals surface area (Å²) in [5, 5.41) is 117. The Kier molecular flexibility index (Phi) is 14.2. The summed E-state index contributed by atoms with van der Waals surface area (Å²) in [6.45, 7) is 11.5. The van der Waals surface area contributed by atoms with Gasteiger partial charge >= 0.3 is 0 Å². The zero-order chi connectivity index (χ0) is 45.7. The molecule has 0 aromatic heterocycles. The second-order valence-corrected chi connectivity index (χ2v) is 21.6. The molecule has 18 heteroatoms. The van der Waals surface area contributed by atoms with Crippen molar-refractivity contribution in [2.24, 2.45) is 52.3 Å². The normalized spacial score (nSPS) is 57.5. The van der Waals surface area contributed by atoms with E-state index in [0.717, 1.165) is 32.1 Å². The lowest BCUT2D eigenvalue weighted by molar-refractivity contribution is -0.371. The van der Waals surface area contributed by atoms with E-state index in [1.54, 1.807) is 6.92 Å². The van der Waals surface area contributed by atoms with Crippen molar-refractivity contribution in [1.82, 2.24) is 0 Å². The van der Waals surface area contributed by atoms with E-state index in [0.29, 0.717) is 43.4 Å². The molecule has 63 heavy (non-hydrogen) atoms. The molecule has 0 radical (unpaired) electrons. The van der Waals surface area contributed by atoms with Crippen LogP contribution in [0.5, 0.6) is 0 Å². The fourth-order valence-electron chi connectivity index (χ4n) is 14.1. The topological polar surface area (TPSA) is 287 Å². The van der Waals surface area contributed by atoms with Crippen molar-refractivity contribution in [2.45, 2.75) is 216 Å². The van der Waals surface area contributed by atoms with Crippen LogP contribution < -0.4 is 0 Å². The molecule has 0 aromatic rings. The lowest BCUT2D eigenvalue weighted by Gasteiger charge is -2.62. The number of ether oxygens (including phenoxy) is 7. The van der Waals surface area contributed by atoms with Crippen LogP contribution in [-0.4, -0.2) is 186 Å². The fourth-order valence-corrected chi connectivity index (χ4v) is 14.1. The van der Waals surface area contributed by atoms with Crippen molar-refractivity contribution in [2.75, 3.05) is 13.2 Å². The largest absolute Gasteiger partial charge is 0.394 e. The van der Waals surface area contributed by atoms with Gasteiger partial charge in [0, 0.05) is 12.3 Å². The molecule has 28 unspecified atom stereocenters. The first kappa shape index (κ1) is 48.7. The standard InChI is InChI=1S/C45H76O18/c1-18(17-57-40-37(54)35(52)33(50)29(16-46)61-40)9-12-45(56)19(2)30-28(63-45)14-25-23-8-7-22-13-27(26(47)15-44(22,6)24(23)10-11-43(25,30)5)60-42-39(36(53)32(49)21(4)59-42)62-41-38(55)34(51)31(48)20(3)58-41/h18-42,46-56H,7-17H2,1-6H3. The van der Waals surface area contributed by atoms with E-state index in [9.17, 15) is 56.2 Å². The average molecular weight is 905 g/mol. The predicted octanol–water partition coefficient (Wildman–Crippen LogP) is -0.753. The minimum absolute atomic E-state index is 0.0351. The zero-order valence-corrected chi connectivity index (χ0v) is 37.5. The molecule has 0 spiro atoms. The number of hydrogen-bond acceptors (Lipinski definition) is 18. The van der Waals surface area contributed by atoms with Crippen LogP contribution in [0.25, 0.3) is 0 Å². The lowest BCUT2D eigenvalue weighted by atomic mass is 9.44. The smallest absolute Gasteiger partial charge is 0.187 e. The Morgan fingerprint density at radius 1 is 0.683 bits per heavy atom. The van der Waals surface area contributed by atoms with Gasteiger partial charge in [-0.2, -0.15) is 0 Å². The molecule has 4 heterocycles. The highest BCUT2D eigenvalue weighted by Gasteiger charge is 2.69. The zero-order valence-electron chi connectivity index (χ0n) is 37.5. The van der Waals surface area contributed by atoms with Gasteiger partial charge in [0.25, 0.3) is 0 Å². The summed E-state index contributed by atoms with van der Waals surface area (Å²) in [5.74, 6) is 0.127. The Balaban J connectivity index is 0.877. The minimum Gasteiger partial charge on any atom is -0.394 e. The summed E-state index contributed by atoms with van der Waals surface area (Å²) in [6, 6.07) is 0. The Labute approximate surface area is 369 Å². The first-order chi connectivity index (χ1) is 29.6. The van der Waals surface area contributed by atoms with Gasteiger partial charge in [-0.15, -0.1) is 0 Å². The summed E-state index contributed by atoms with van der Waals surface area (Å²) >= 11 is 0. The highest BCUT2D eigenvalue weighted by molar-refractivity contribution is 5.15. The molecule has 4 saturated carbocycles. The van der Waals surface area contributed by atoms with Gasteiger partial charge in [0.15, 0.2) is 24.7 Å². The van der Waals surface area contributed by atoms with Crippen molar-refractivity contribution in [3.8, 4) is 0 Å². The van der Waals surface area contributed by atoms with Gasteiger partial charge in [-0.1, -0.05) is 27.7 Å². The number of fused-ring (bicyclic) bond motifs is 7. The van der Waals surface area contributed by atoms with Crippen LogP contribution in [0.2, 0.25) is 0 Å². The van der Waals surface area contributed by atoms with Crippen LogP contribution >= 0.6 is 0 Å². The Morgan fingerprint density at radius 3 is 2.03 bits per heavy atom. The molecule has 0 bridgehead atoms. The fraction of sp³-hybridized carbons (Fsp3) is 1.00. The molecule has 8 aliphatic rings. The summed E-state index contributed by atoms with van der Waals surface area (Å²) in [6.07, 6.45) is -14.7. The molecule has 28 atom stereocenters. The summed E-state index contributed by atoms with van der Waals surface area (Å²) in [7, 11) is 0. The van der Waals surface area contributed by atoms with Gasteiger partial charge in [-0.05, 0) is 112 Å². The van der Waals surface area contributed by atoms with Gasteiger partial charge in [-0.25, -0.2) is 0 Å². The Hall–Kier alpha value is -0.720. The first-order valence-corrected chi connectivity index (χ1v) is 23.7. The maximum Gasteiger partial charge on any atom is 0.187 e. The van der Waals surface area contributed by atoms with Gasteiger partial charge < -0.3 is 89.3 Å². The van der Waals surface area contributed by atoms with Crippen molar-refractivity contribution in [1.29, 1.82) is 0 Å². The number of rotatable bonds is 11. The van der Waals surface area contributed by atoms with E-state index in [-0.39, 0.29) is 47.2 Å². The van der Waals surface area contributed by atoms with Crippen LogP contribution in [0, 0.1) is 52.3 Å². The van der Waals surface area contributed by atoms with Crippen LogP contribution in [0.15, 0.2) is 0 Å². The van der Waals surface area contributed by atoms with Crippen LogP contribution in [0.4, 0.5) is 0 Å². The second kappa shape index (κ2) is 18.3. The average Bonchev–Trinajstić information content (AvgIpc) is 3.68. The third kappa shape index (κ3) is 8.49. The third-order valence-corrected chi connectivity index (χ3v) is 17.9. The minimum atomic E-state index is -1.65. The van der Waals surface area contributed by atoms with Gasteiger partial charge in [0.05, 0.1) is 43.7 Å². The maximum atomic E-state index is 12.1. The van der Waals surface area contributed by atoms with Gasteiger partial charge in [0.2, 0.25) is 0 Å². The van der Waals surface area contributed by atoms with Gasteiger partial charge in [0.1, 0.15) is 61.0 Å². The van der Waals surface area contributed by atoms with E-state index >= 15 is 0 Å². The molecule has 0 aromatic carbocycles. The molecular weight excluding hydrogens is 828 g/mol. The van der Waals surface area contributed by atoms with E-state index in [1.807, 2.05) is 6.92 Å². The SMILES string of the molecule is CC(CCC1(O)OC2CC3C4CCC5CC(OC6OC(C)C(O)C(O)C6OC6OC(C)C(O)C(O)C6O)C(O)CC5(C)C4CCC3(C)C2C1C)COC1OC(CO)C(O)C(O)C1O. The monoisotopic (exact) mass is 905 g/mol. The van der Waals surface area contributed by atoms with Crippen LogP contribution in [0.3, 0.4) is 0 Å². The number of aliphatic hydroxyl groups is 11. The molecule has 364 valence electrons. The molecule has 4 saturated heterocycles. The summed E-state index contributed by atoms with van der Waals surface area (Å²) < 4.78 is 42.1. The summed E-state index contributed by atoms with van der Waals surface area (Å²) in [4.78, 5) is 0. The molecule has 4 aliphatic carbocycles. The second-order valence-electron chi connectivity index (χ2n) is 21.6. The summed E-state index contributed by atoms with van der Waals surface area (Å²) in [5.41, 5.74) is -0.200. The maximum absolute atomic E-state index is 12.1. The van der Waals surface area contributed by atoms with Gasteiger partial charge in [-0.3, -0.25) is 0 Å².